The summed E-state index contributed by atoms with van der Waals surface area (Å²) in [5.74, 6) is 0.209. The average molecular weight is 494 g/mol. The number of nitrogens with zero attached hydrogens (tertiary/aromatic N) is 3. The number of carbonyl (C=O) groups is 2. The summed E-state index contributed by atoms with van der Waals surface area (Å²) < 4.78 is 6.44. The van der Waals surface area contributed by atoms with Gasteiger partial charge in [0.1, 0.15) is 0 Å². The molecule has 1 amide bonds. The molecule has 2 aromatic carbocycles. The molecule has 4 rings (SSSR count). The molecule has 0 bridgehead atoms. The molecular weight excluding hydrogens is 464 g/mol. The summed E-state index contributed by atoms with van der Waals surface area (Å²) in [6.45, 7) is 3.66. The Hall–Kier alpha value is -3.46. The summed E-state index contributed by atoms with van der Waals surface area (Å²) in [6, 6.07) is 14.1. The highest BCUT2D eigenvalue weighted by Crippen LogP contribution is 2.37. The minimum Gasteiger partial charge on any atom is -0.465 e. The number of ether oxygens (including phenoxy) is 1. The van der Waals surface area contributed by atoms with E-state index in [9.17, 15) is 14.4 Å². The van der Waals surface area contributed by atoms with Gasteiger partial charge in [-0.15, -0.1) is 0 Å². The first-order valence-corrected chi connectivity index (χ1v) is 12.7. The van der Waals surface area contributed by atoms with E-state index in [4.69, 9.17) is 9.84 Å². The predicted molar refractivity (Wildman–Crippen MR) is 134 cm³/mol. The summed E-state index contributed by atoms with van der Waals surface area (Å²) in [7, 11) is 1.33. The van der Waals surface area contributed by atoms with E-state index in [-0.39, 0.29) is 11.5 Å². The second-order valence-electron chi connectivity index (χ2n) is 8.36. The molecule has 0 fully saturated rings. The lowest BCUT2D eigenvalue weighted by molar-refractivity contribution is -0.763. The molecule has 35 heavy (non-hydrogen) atoms. The third-order valence-corrected chi connectivity index (χ3v) is 6.91. The number of para-hydroxylation sites is 1. The Morgan fingerprint density at radius 1 is 1.11 bits per heavy atom. The summed E-state index contributed by atoms with van der Waals surface area (Å²) >= 11 is 1.50. The number of esters is 1. The molecule has 2 heterocycles. The molecule has 0 aliphatic carbocycles. The van der Waals surface area contributed by atoms with Crippen LogP contribution in [0, 0.1) is 0 Å². The second kappa shape index (κ2) is 10.9. The van der Waals surface area contributed by atoms with Crippen molar-refractivity contribution in [1.29, 1.82) is 0 Å². The fourth-order valence-corrected chi connectivity index (χ4v) is 5.14. The third kappa shape index (κ3) is 5.00. The summed E-state index contributed by atoms with van der Waals surface area (Å²) in [5, 5.41) is 5.30. The van der Waals surface area contributed by atoms with Crippen molar-refractivity contribution in [3.05, 3.63) is 70.0 Å². The van der Waals surface area contributed by atoms with Gasteiger partial charge in [0, 0.05) is 23.3 Å². The summed E-state index contributed by atoms with van der Waals surface area (Å²) in [4.78, 5) is 42.8. The maximum Gasteiger partial charge on any atom is 0.337 e. The number of hydrogen-bond donors (Lipinski definition) is 1. The largest absolute Gasteiger partial charge is 0.465 e. The van der Waals surface area contributed by atoms with Crippen LogP contribution >= 0.6 is 11.8 Å². The average Bonchev–Trinajstić information content (AvgIpc) is 2.87. The van der Waals surface area contributed by atoms with E-state index in [1.807, 2.05) is 24.3 Å². The Labute approximate surface area is 208 Å². The third-order valence-electron chi connectivity index (χ3n) is 5.96. The van der Waals surface area contributed by atoms with E-state index >= 15 is 0 Å². The van der Waals surface area contributed by atoms with E-state index < -0.39 is 12.1 Å². The van der Waals surface area contributed by atoms with Crippen LogP contribution < -0.4 is 15.1 Å². The van der Waals surface area contributed by atoms with E-state index in [0.717, 1.165) is 25.0 Å². The van der Waals surface area contributed by atoms with E-state index in [1.54, 1.807) is 33.8 Å². The quantitative estimate of drug-likeness (QED) is 0.220. The number of benzene rings is 2. The zero-order valence-electron chi connectivity index (χ0n) is 20.1. The number of methoxy groups -OCH3 is 1. The molecule has 1 atom stereocenters. The highest BCUT2D eigenvalue weighted by molar-refractivity contribution is 7.99. The van der Waals surface area contributed by atoms with Gasteiger partial charge in [0.2, 0.25) is 11.1 Å². The van der Waals surface area contributed by atoms with Gasteiger partial charge < -0.3 is 4.74 Å². The highest BCUT2D eigenvalue weighted by Gasteiger charge is 2.44. The minimum absolute atomic E-state index is 0.187. The van der Waals surface area contributed by atoms with Crippen LogP contribution in [0.3, 0.4) is 0 Å². The number of anilines is 1. The Morgan fingerprint density at radius 2 is 1.86 bits per heavy atom. The molecule has 0 saturated heterocycles. The first kappa shape index (κ1) is 24.7. The minimum atomic E-state index is -0.689. The van der Waals surface area contributed by atoms with Crippen LogP contribution in [0.5, 0.6) is 0 Å². The highest BCUT2D eigenvalue weighted by atomic mass is 32.2. The molecule has 0 unspecified atom stereocenters. The number of H-pyrrole nitrogens is 1. The number of rotatable bonds is 8. The van der Waals surface area contributed by atoms with Crippen molar-refractivity contribution in [2.24, 2.45) is 0 Å². The van der Waals surface area contributed by atoms with Crippen molar-refractivity contribution in [1.82, 2.24) is 10.1 Å². The van der Waals surface area contributed by atoms with E-state index in [1.165, 1.54) is 32.2 Å². The van der Waals surface area contributed by atoms with Crippen molar-refractivity contribution in [2.45, 2.75) is 50.9 Å². The molecule has 0 spiro atoms. The van der Waals surface area contributed by atoms with Gasteiger partial charge in [0.25, 0.3) is 6.17 Å². The van der Waals surface area contributed by atoms with Crippen LogP contribution in [0.2, 0.25) is 0 Å². The lowest BCUT2D eigenvalue weighted by atomic mass is 10.0. The topological polar surface area (TPSA) is 96.2 Å². The van der Waals surface area contributed by atoms with Crippen LogP contribution in [0.1, 0.15) is 61.6 Å². The van der Waals surface area contributed by atoms with Gasteiger partial charge in [-0.25, -0.2) is 9.69 Å². The van der Waals surface area contributed by atoms with Crippen LogP contribution in [0.25, 0.3) is 11.3 Å². The maximum atomic E-state index is 13.3. The van der Waals surface area contributed by atoms with E-state index in [0.29, 0.717) is 33.2 Å². The fraction of sp³-hybridized carbons (Fsp3) is 0.346. The second-order valence-corrected chi connectivity index (χ2v) is 9.44. The number of carbonyl (C=O) groups excluding carboxylic acids is 2. The van der Waals surface area contributed by atoms with Gasteiger partial charge in [-0.1, -0.05) is 50.1 Å². The fourth-order valence-electron chi connectivity index (χ4n) is 4.28. The summed E-state index contributed by atoms with van der Waals surface area (Å²) in [6.07, 6.45) is 3.81. The first-order valence-electron chi connectivity index (χ1n) is 11.7. The zero-order chi connectivity index (χ0) is 24.9. The van der Waals surface area contributed by atoms with Crippen molar-refractivity contribution >= 4 is 29.3 Å². The Balaban J connectivity index is 1.83. The Bertz CT molecular complexity index is 1290. The van der Waals surface area contributed by atoms with Gasteiger partial charge in [0.05, 0.1) is 23.9 Å². The molecule has 9 heteroatoms. The van der Waals surface area contributed by atoms with Gasteiger partial charge in [-0.2, -0.15) is 0 Å². The number of amides is 1. The van der Waals surface area contributed by atoms with Crippen molar-refractivity contribution in [3.63, 3.8) is 0 Å². The van der Waals surface area contributed by atoms with Gasteiger partial charge in [-0.05, 0) is 47.5 Å². The van der Waals surface area contributed by atoms with Gasteiger partial charge >= 0.3 is 17.2 Å². The zero-order valence-corrected chi connectivity index (χ0v) is 20.9. The Morgan fingerprint density at radius 3 is 2.54 bits per heavy atom. The SMILES string of the molecule is CCCCCCSc1n[n+]2c(c(=O)[nH]1)-c1ccccc1N(C(C)=O)[C@@H]2c1ccc(C(=O)OC)cc1. The molecule has 1 N–H and O–H groups in total. The molecule has 0 saturated carbocycles. The number of aromatic amines is 1. The number of nitrogens with one attached hydrogen (secondary N) is 1. The van der Waals surface area contributed by atoms with Gasteiger partial charge in [0.15, 0.2) is 0 Å². The normalized spacial score (nSPS) is 14.3. The van der Waals surface area contributed by atoms with Crippen LogP contribution in [0.15, 0.2) is 58.5 Å². The molecular formula is C26H29N4O4S+. The lowest BCUT2D eigenvalue weighted by Gasteiger charge is -2.31. The number of aromatic nitrogens is 3. The Kier molecular flexibility index (Phi) is 7.65. The summed E-state index contributed by atoms with van der Waals surface area (Å²) in [5.41, 5.74) is 2.51. The molecule has 3 aromatic rings. The molecule has 182 valence electrons. The molecule has 1 aliphatic heterocycles. The monoisotopic (exact) mass is 493 g/mol. The number of thioether (sulfide) groups is 1. The maximum absolute atomic E-state index is 13.3. The number of hydrogen-bond acceptors (Lipinski definition) is 6. The predicted octanol–water partition coefficient (Wildman–Crippen LogP) is 4.10. The lowest BCUT2D eigenvalue weighted by Crippen LogP contribution is -2.60. The number of unbranched alkanes of at least 4 members (excludes halogenated alkanes) is 3. The van der Waals surface area contributed by atoms with Gasteiger partial charge in [-0.3, -0.25) is 14.6 Å². The number of fused-ring (bicyclic) bond motifs is 3. The molecule has 1 aromatic heterocycles. The van der Waals surface area contributed by atoms with Crippen molar-refractivity contribution < 1.29 is 19.0 Å². The standard InChI is InChI=1S/C26H28N4O4S/c1-4-5-6-9-16-35-26-27-23(32)22-20-10-7-8-11-21(20)29(17(2)31)24(30(22)28-26)18-12-14-19(15-13-18)25(33)34-3/h7-8,10-15,24H,4-6,9,16H2,1-3H3/p+1/t24-/m0/s1. The molecule has 1 aliphatic rings. The first-order chi connectivity index (χ1) is 17.0. The van der Waals surface area contributed by atoms with E-state index in [2.05, 4.69) is 11.9 Å². The van der Waals surface area contributed by atoms with Crippen molar-refractivity contribution in [2.75, 3.05) is 17.8 Å². The van der Waals surface area contributed by atoms with Crippen LogP contribution in [-0.4, -0.2) is 34.8 Å². The van der Waals surface area contributed by atoms with Crippen LogP contribution in [-0.2, 0) is 9.53 Å². The molecule has 8 nitrogen and oxygen atoms in total. The smallest absolute Gasteiger partial charge is 0.337 e. The van der Waals surface area contributed by atoms with Crippen LogP contribution in [0.4, 0.5) is 5.69 Å². The molecule has 0 radical (unpaired) electrons. The van der Waals surface area contributed by atoms with Crippen molar-refractivity contribution in [3.8, 4) is 11.3 Å².